The molecule has 0 spiro atoms. The van der Waals surface area contributed by atoms with Crippen LogP contribution in [-0.4, -0.2) is 42.6 Å². The number of rotatable bonds is 6. The first kappa shape index (κ1) is 13.8. The monoisotopic (exact) mass is 253 g/mol. The van der Waals surface area contributed by atoms with Gasteiger partial charge in [0.05, 0.1) is 18.0 Å². The highest BCUT2D eigenvalue weighted by Crippen LogP contribution is 2.27. The summed E-state index contributed by atoms with van der Waals surface area (Å²) >= 11 is 0. The van der Waals surface area contributed by atoms with Crippen LogP contribution in [0.5, 0.6) is 0 Å². The molecular weight excluding hydrogens is 226 g/mol. The summed E-state index contributed by atoms with van der Waals surface area (Å²) < 4.78 is 5.83. The number of ether oxygens (including phenoxy) is 1. The predicted octanol–water partition coefficient (Wildman–Crippen LogP) is 1.98. The number of likely N-dealkylation sites (tertiary alicyclic amines) is 1. The van der Waals surface area contributed by atoms with Crippen molar-refractivity contribution in [2.24, 2.45) is 11.1 Å². The summed E-state index contributed by atoms with van der Waals surface area (Å²) in [5, 5.41) is 7.54. The molecule has 4 nitrogen and oxygen atoms in total. The molecule has 0 aliphatic carbocycles. The van der Waals surface area contributed by atoms with E-state index >= 15 is 0 Å². The quantitative estimate of drug-likeness (QED) is 0.432. The van der Waals surface area contributed by atoms with Gasteiger partial charge in [-0.1, -0.05) is 20.3 Å². The second kappa shape index (κ2) is 5.57. The van der Waals surface area contributed by atoms with Gasteiger partial charge >= 0.3 is 0 Å². The first-order valence-corrected chi connectivity index (χ1v) is 7.20. The van der Waals surface area contributed by atoms with Crippen molar-refractivity contribution in [2.75, 3.05) is 19.6 Å². The molecule has 2 saturated heterocycles. The smallest absolute Gasteiger partial charge is 0.0963 e. The van der Waals surface area contributed by atoms with Crippen LogP contribution in [-0.2, 0) is 4.74 Å². The van der Waals surface area contributed by atoms with Crippen molar-refractivity contribution >= 4 is 5.84 Å². The van der Waals surface area contributed by atoms with Crippen LogP contribution in [0.25, 0.3) is 0 Å². The highest BCUT2D eigenvalue weighted by Gasteiger charge is 2.33. The van der Waals surface area contributed by atoms with Gasteiger partial charge in [0.15, 0.2) is 0 Å². The fourth-order valence-electron chi connectivity index (χ4n) is 2.92. The Hall–Kier alpha value is -0.610. The zero-order valence-electron chi connectivity index (χ0n) is 11.7. The summed E-state index contributed by atoms with van der Waals surface area (Å²) in [6.07, 6.45) is 6.86. The molecule has 3 N–H and O–H groups in total. The second-order valence-electron chi connectivity index (χ2n) is 6.47. The maximum atomic E-state index is 7.54. The highest BCUT2D eigenvalue weighted by molar-refractivity contribution is 5.82. The molecule has 0 aromatic carbocycles. The molecule has 18 heavy (non-hydrogen) atoms. The molecule has 0 amide bonds. The summed E-state index contributed by atoms with van der Waals surface area (Å²) in [6.45, 7) is 7.53. The lowest BCUT2D eigenvalue weighted by molar-refractivity contribution is -0.0386. The number of hydrogen-bond donors (Lipinski definition) is 2. The minimum Gasteiger partial charge on any atom is -0.387 e. The van der Waals surface area contributed by atoms with Gasteiger partial charge in [-0.15, -0.1) is 0 Å². The van der Waals surface area contributed by atoms with Crippen LogP contribution < -0.4 is 5.73 Å². The van der Waals surface area contributed by atoms with Crippen molar-refractivity contribution in [3.05, 3.63) is 0 Å². The van der Waals surface area contributed by atoms with Crippen LogP contribution in [0, 0.1) is 10.8 Å². The molecule has 2 unspecified atom stereocenters. The fourth-order valence-corrected chi connectivity index (χ4v) is 2.92. The largest absolute Gasteiger partial charge is 0.387 e. The first-order chi connectivity index (χ1) is 8.47. The third-order valence-electron chi connectivity index (χ3n) is 4.37. The van der Waals surface area contributed by atoms with Gasteiger partial charge in [0, 0.05) is 18.5 Å². The van der Waals surface area contributed by atoms with E-state index in [-0.39, 0.29) is 5.41 Å². The van der Waals surface area contributed by atoms with Crippen molar-refractivity contribution < 1.29 is 4.74 Å². The van der Waals surface area contributed by atoms with Crippen LogP contribution >= 0.6 is 0 Å². The minimum atomic E-state index is -0.135. The Morgan fingerprint density at radius 2 is 1.89 bits per heavy atom. The summed E-state index contributed by atoms with van der Waals surface area (Å²) in [4.78, 5) is 2.55. The molecule has 0 aromatic heterocycles. The average Bonchev–Trinajstić information content (AvgIpc) is 2.64. The number of morpholine rings is 1. The normalized spacial score (nSPS) is 28.6. The van der Waals surface area contributed by atoms with Gasteiger partial charge in [-0.3, -0.25) is 10.3 Å². The lowest BCUT2D eigenvalue weighted by Crippen LogP contribution is -2.42. The Labute approximate surface area is 110 Å². The lowest BCUT2D eigenvalue weighted by atomic mass is 9.86. The highest BCUT2D eigenvalue weighted by atomic mass is 16.5. The molecule has 4 heteroatoms. The van der Waals surface area contributed by atoms with Crippen molar-refractivity contribution in [1.29, 1.82) is 5.41 Å². The van der Waals surface area contributed by atoms with Crippen LogP contribution in [0.1, 0.15) is 46.0 Å². The van der Waals surface area contributed by atoms with Crippen LogP contribution in [0.4, 0.5) is 0 Å². The molecule has 0 aromatic rings. The number of hydrogen-bond acceptors (Lipinski definition) is 3. The van der Waals surface area contributed by atoms with E-state index < -0.39 is 0 Å². The van der Waals surface area contributed by atoms with E-state index in [0.717, 1.165) is 25.9 Å². The number of amidine groups is 1. The molecule has 2 heterocycles. The molecule has 2 rings (SSSR count). The molecule has 0 radical (unpaired) electrons. The fraction of sp³-hybridized carbons (Fsp3) is 0.929. The van der Waals surface area contributed by atoms with Crippen molar-refractivity contribution in [3.63, 3.8) is 0 Å². The number of nitrogens with zero attached hydrogens (tertiary/aromatic N) is 1. The van der Waals surface area contributed by atoms with Crippen LogP contribution in [0.15, 0.2) is 0 Å². The van der Waals surface area contributed by atoms with Crippen molar-refractivity contribution in [1.82, 2.24) is 4.90 Å². The van der Waals surface area contributed by atoms with E-state index in [9.17, 15) is 0 Å². The predicted molar refractivity (Wildman–Crippen MR) is 73.9 cm³/mol. The Morgan fingerprint density at radius 1 is 1.28 bits per heavy atom. The van der Waals surface area contributed by atoms with E-state index in [4.69, 9.17) is 15.9 Å². The van der Waals surface area contributed by atoms with Gasteiger partial charge in [0.25, 0.3) is 0 Å². The Bertz CT molecular complexity index is 291. The van der Waals surface area contributed by atoms with E-state index in [2.05, 4.69) is 18.7 Å². The first-order valence-electron chi connectivity index (χ1n) is 7.20. The minimum absolute atomic E-state index is 0.135. The topological polar surface area (TPSA) is 62.3 Å². The van der Waals surface area contributed by atoms with Crippen molar-refractivity contribution in [2.45, 2.75) is 58.2 Å². The molecule has 2 atom stereocenters. The maximum Gasteiger partial charge on any atom is 0.0963 e. The Balaban J connectivity index is 1.63. The molecule has 0 saturated carbocycles. The summed E-state index contributed by atoms with van der Waals surface area (Å²) in [5.74, 6) is 0.312. The summed E-state index contributed by atoms with van der Waals surface area (Å²) in [7, 11) is 0. The van der Waals surface area contributed by atoms with Gasteiger partial charge in [-0.05, 0) is 32.2 Å². The number of fused-ring (bicyclic) bond motifs is 2. The zero-order valence-corrected chi connectivity index (χ0v) is 11.7. The van der Waals surface area contributed by atoms with Gasteiger partial charge in [-0.25, -0.2) is 0 Å². The standard InChI is InChI=1S/C14H27N3O/c1-14(2,13(15)16)7-3-4-8-17-9-11-5-6-12(10-17)18-11/h11-12H,3-10H2,1-2H3,(H3,15,16). The van der Waals surface area contributed by atoms with E-state index in [1.54, 1.807) is 0 Å². The van der Waals surface area contributed by atoms with E-state index in [1.165, 1.54) is 25.8 Å². The Kier molecular flexibility index (Phi) is 4.28. The van der Waals surface area contributed by atoms with Gasteiger partial charge in [0.2, 0.25) is 0 Å². The lowest BCUT2D eigenvalue weighted by Gasteiger charge is -2.32. The van der Waals surface area contributed by atoms with Crippen LogP contribution in [0.2, 0.25) is 0 Å². The van der Waals surface area contributed by atoms with E-state index in [1.807, 2.05) is 0 Å². The molecule has 2 fully saturated rings. The second-order valence-corrected chi connectivity index (χ2v) is 6.47. The van der Waals surface area contributed by atoms with Gasteiger partial charge in [-0.2, -0.15) is 0 Å². The summed E-state index contributed by atoms with van der Waals surface area (Å²) in [5.41, 5.74) is 5.46. The van der Waals surface area contributed by atoms with Gasteiger partial charge in [0.1, 0.15) is 0 Å². The molecule has 2 aliphatic heterocycles. The SMILES string of the molecule is CC(C)(CCCCN1CC2CCC(C1)O2)C(=N)N. The van der Waals surface area contributed by atoms with Gasteiger partial charge < -0.3 is 10.5 Å². The maximum absolute atomic E-state index is 7.54. The van der Waals surface area contributed by atoms with E-state index in [0.29, 0.717) is 18.0 Å². The zero-order chi connectivity index (χ0) is 13.2. The van der Waals surface area contributed by atoms with Crippen LogP contribution in [0.3, 0.4) is 0 Å². The average molecular weight is 253 g/mol. The number of nitrogens with one attached hydrogen (secondary N) is 1. The molecular formula is C14H27N3O. The number of unbranched alkanes of at least 4 members (excludes halogenated alkanes) is 1. The van der Waals surface area contributed by atoms with Crippen molar-refractivity contribution in [3.8, 4) is 0 Å². The Morgan fingerprint density at radius 3 is 2.44 bits per heavy atom. The summed E-state index contributed by atoms with van der Waals surface area (Å²) in [6, 6.07) is 0. The molecule has 104 valence electrons. The molecule has 2 bridgehead atoms. The number of nitrogens with two attached hydrogens (primary N) is 1. The third-order valence-corrected chi connectivity index (χ3v) is 4.37. The molecule has 2 aliphatic rings. The third kappa shape index (κ3) is 3.45.